The van der Waals surface area contributed by atoms with Gasteiger partial charge in [0, 0.05) is 6.08 Å². The van der Waals surface area contributed by atoms with Crippen molar-refractivity contribution in [2.45, 2.75) is 84.0 Å². The van der Waals surface area contributed by atoms with Crippen LogP contribution in [0.1, 0.15) is 90.0 Å². The molecule has 1 atom stereocenters. The van der Waals surface area contributed by atoms with Gasteiger partial charge in [-0.3, -0.25) is 0 Å². The third-order valence-corrected chi connectivity index (χ3v) is 7.55. The van der Waals surface area contributed by atoms with Crippen LogP contribution in [0.3, 0.4) is 0 Å². The second-order valence-electron chi connectivity index (χ2n) is 10.8. The van der Waals surface area contributed by atoms with Gasteiger partial charge in [0.05, 0.1) is 0 Å². The lowest BCUT2D eigenvalue weighted by atomic mass is 9.58. The van der Waals surface area contributed by atoms with Gasteiger partial charge in [-0.25, -0.2) is 4.79 Å². The molecule has 1 aromatic rings. The highest BCUT2D eigenvalue weighted by atomic mass is 16.4. The van der Waals surface area contributed by atoms with E-state index in [0.29, 0.717) is 5.92 Å². The number of carboxylic acids is 1. The molecule has 29 heavy (non-hydrogen) atoms. The summed E-state index contributed by atoms with van der Waals surface area (Å²) in [5.41, 5.74) is 7.75. The smallest absolute Gasteiger partial charge is 0.328 e. The van der Waals surface area contributed by atoms with Crippen LogP contribution in [0, 0.1) is 5.92 Å². The molecule has 0 spiro atoms. The topological polar surface area (TPSA) is 37.3 Å². The zero-order chi connectivity index (χ0) is 21.6. The molecule has 1 N–H and O–H groups in total. The average Bonchev–Trinajstić information content (AvgIpc) is 2.62. The van der Waals surface area contributed by atoms with Crippen LogP contribution in [0.2, 0.25) is 0 Å². The number of carbonyl (C=O) groups is 1. The average molecular weight is 393 g/mol. The van der Waals surface area contributed by atoms with Gasteiger partial charge in [0.1, 0.15) is 0 Å². The maximum Gasteiger partial charge on any atom is 0.328 e. The minimum absolute atomic E-state index is 0.131. The standard InChI is InChI=1S/C27H36O2/c1-18-15-19(11-9-8-10-12-24(28)29)20-16-22-23(17-21(20)27(18,6)7)26(4,5)14-13-25(22,2)3/h8-12,16-18H,13-15H2,1-7H3,(H,28,29). The van der Waals surface area contributed by atoms with Gasteiger partial charge >= 0.3 is 5.97 Å². The lowest BCUT2D eigenvalue weighted by Crippen LogP contribution is -2.37. The molecule has 0 amide bonds. The maximum absolute atomic E-state index is 10.7. The molecule has 0 heterocycles. The first-order chi connectivity index (χ1) is 13.4. The van der Waals surface area contributed by atoms with Crippen LogP contribution in [-0.2, 0) is 21.0 Å². The summed E-state index contributed by atoms with van der Waals surface area (Å²) >= 11 is 0. The van der Waals surface area contributed by atoms with Crippen molar-refractivity contribution < 1.29 is 9.90 Å². The van der Waals surface area contributed by atoms with Crippen molar-refractivity contribution in [1.82, 2.24) is 0 Å². The van der Waals surface area contributed by atoms with Gasteiger partial charge in [0.15, 0.2) is 0 Å². The number of benzene rings is 1. The molecular weight excluding hydrogens is 356 g/mol. The minimum Gasteiger partial charge on any atom is -0.478 e. The van der Waals surface area contributed by atoms with Crippen LogP contribution in [0.25, 0.3) is 5.57 Å². The van der Waals surface area contributed by atoms with E-state index in [1.807, 2.05) is 6.08 Å². The van der Waals surface area contributed by atoms with Crippen molar-refractivity contribution in [3.63, 3.8) is 0 Å². The predicted molar refractivity (Wildman–Crippen MR) is 122 cm³/mol. The lowest BCUT2D eigenvalue weighted by molar-refractivity contribution is -0.131. The molecule has 2 nitrogen and oxygen atoms in total. The Balaban J connectivity index is 2.17. The number of hydrogen-bond donors (Lipinski definition) is 1. The molecule has 3 rings (SSSR count). The van der Waals surface area contributed by atoms with E-state index in [9.17, 15) is 4.79 Å². The molecular formula is C27H36O2. The summed E-state index contributed by atoms with van der Waals surface area (Å²) in [6.45, 7) is 16.6. The van der Waals surface area contributed by atoms with Crippen LogP contribution in [0.15, 0.2) is 42.5 Å². The van der Waals surface area contributed by atoms with Gasteiger partial charge < -0.3 is 5.11 Å². The van der Waals surface area contributed by atoms with Gasteiger partial charge in [-0.1, -0.05) is 84.9 Å². The van der Waals surface area contributed by atoms with Crippen molar-refractivity contribution in [2.75, 3.05) is 0 Å². The summed E-state index contributed by atoms with van der Waals surface area (Å²) in [5.74, 6) is -0.376. The van der Waals surface area contributed by atoms with E-state index in [4.69, 9.17) is 5.11 Å². The Bertz CT molecular complexity index is 907. The molecule has 1 unspecified atom stereocenters. The number of rotatable bonds is 3. The van der Waals surface area contributed by atoms with E-state index in [-0.39, 0.29) is 16.2 Å². The predicted octanol–water partition coefficient (Wildman–Crippen LogP) is 6.93. The van der Waals surface area contributed by atoms with Gasteiger partial charge in [0.2, 0.25) is 0 Å². The fourth-order valence-corrected chi connectivity index (χ4v) is 4.90. The quantitative estimate of drug-likeness (QED) is 0.447. The zero-order valence-electron chi connectivity index (χ0n) is 19.1. The van der Waals surface area contributed by atoms with Gasteiger partial charge in [-0.05, 0) is 69.3 Å². The summed E-state index contributed by atoms with van der Waals surface area (Å²) < 4.78 is 0. The Kier molecular flexibility index (Phi) is 5.45. The first kappa shape index (κ1) is 21.6. The number of carboxylic acid groups (broad SMARTS) is 1. The van der Waals surface area contributed by atoms with E-state index < -0.39 is 5.97 Å². The van der Waals surface area contributed by atoms with E-state index >= 15 is 0 Å². The molecule has 0 radical (unpaired) electrons. The highest BCUT2D eigenvalue weighted by Gasteiger charge is 2.42. The van der Waals surface area contributed by atoms with E-state index in [1.54, 1.807) is 12.2 Å². The number of hydrogen-bond acceptors (Lipinski definition) is 1. The summed E-state index contributed by atoms with van der Waals surface area (Å²) in [4.78, 5) is 10.7. The van der Waals surface area contributed by atoms with E-state index in [1.165, 1.54) is 40.7 Å². The molecule has 2 aliphatic carbocycles. The summed E-state index contributed by atoms with van der Waals surface area (Å²) in [7, 11) is 0. The van der Waals surface area contributed by atoms with Crippen LogP contribution in [0.5, 0.6) is 0 Å². The Labute approximate surface area is 176 Å². The summed E-state index contributed by atoms with van der Waals surface area (Å²) in [6, 6.07) is 5.00. The van der Waals surface area contributed by atoms with Crippen molar-refractivity contribution >= 4 is 11.5 Å². The second-order valence-corrected chi connectivity index (χ2v) is 10.8. The van der Waals surface area contributed by atoms with Gasteiger partial charge in [-0.2, -0.15) is 0 Å². The fourth-order valence-electron chi connectivity index (χ4n) is 4.90. The Hall–Kier alpha value is -2.09. The summed E-state index contributed by atoms with van der Waals surface area (Å²) in [6.07, 6.45) is 12.2. The molecule has 2 aliphatic rings. The Morgan fingerprint density at radius 2 is 1.52 bits per heavy atom. The van der Waals surface area contributed by atoms with Crippen LogP contribution in [-0.4, -0.2) is 11.1 Å². The normalized spacial score (nSPS) is 25.9. The SMILES string of the molecule is CC1CC(=CC=CC=CC(=O)O)c2cc3c(cc2C1(C)C)C(C)(C)CCC3(C)C. The van der Waals surface area contributed by atoms with Crippen molar-refractivity contribution in [1.29, 1.82) is 0 Å². The number of allylic oxidation sites excluding steroid dienone is 5. The van der Waals surface area contributed by atoms with Crippen LogP contribution < -0.4 is 0 Å². The first-order valence-electron chi connectivity index (χ1n) is 10.8. The molecule has 156 valence electrons. The highest BCUT2D eigenvalue weighted by molar-refractivity contribution is 5.80. The molecule has 0 aromatic heterocycles. The molecule has 0 saturated carbocycles. The lowest BCUT2D eigenvalue weighted by Gasteiger charge is -2.46. The van der Waals surface area contributed by atoms with Crippen molar-refractivity contribution in [3.8, 4) is 0 Å². The largest absolute Gasteiger partial charge is 0.478 e. The van der Waals surface area contributed by atoms with E-state index in [2.05, 4.69) is 66.7 Å². The molecule has 0 bridgehead atoms. The zero-order valence-corrected chi connectivity index (χ0v) is 19.1. The highest BCUT2D eigenvalue weighted by Crippen LogP contribution is 2.52. The van der Waals surface area contributed by atoms with Crippen molar-refractivity contribution in [2.24, 2.45) is 5.92 Å². The molecule has 2 heteroatoms. The van der Waals surface area contributed by atoms with Crippen LogP contribution >= 0.6 is 0 Å². The number of fused-ring (bicyclic) bond motifs is 2. The molecule has 1 aromatic carbocycles. The third-order valence-electron chi connectivity index (χ3n) is 7.55. The van der Waals surface area contributed by atoms with Gasteiger partial charge in [0.25, 0.3) is 0 Å². The Morgan fingerprint density at radius 3 is 2.10 bits per heavy atom. The van der Waals surface area contributed by atoms with E-state index in [0.717, 1.165) is 12.5 Å². The molecule has 0 saturated heterocycles. The third kappa shape index (κ3) is 3.99. The number of aliphatic carboxylic acids is 1. The molecule has 0 aliphatic heterocycles. The first-order valence-corrected chi connectivity index (χ1v) is 10.8. The molecule has 0 fully saturated rings. The van der Waals surface area contributed by atoms with Crippen molar-refractivity contribution in [3.05, 3.63) is 64.8 Å². The minimum atomic E-state index is -0.919. The monoisotopic (exact) mass is 392 g/mol. The fraction of sp³-hybridized carbons (Fsp3) is 0.519. The van der Waals surface area contributed by atoms with Gasteiger partial charge in [-0.15, -0.1) is 0 Å². The summed E-state index contributed by atoms with van der Waals surface area (Å²) in [5, 5.41) is 8.75. The second kappa shape index (κ2) is 7.31. The van der Waals surface area contributed by atoms with Crippen LogP contribution in [0.4, 0.5) is 0 Å². The Morgan fingerprint density at radius 1 is 0.931 bits per heavy atom. The maximum atomic E-state index is 10.7.